The standard InChI is InChI=1S/C6H9F3O/c1-4(2)5(3)10-6(7,8)9/h4H,3H2,1-2H3. The Morgan fingerprint density at radius 1 is 1.40 bits per heavy atom. The number of hydrogen-bond donors (Lipinski definition) is 0. The van der Waals surface area contributed by atoms with Gasteiger partial charge in [-0.3, -0.25) is 0 Å². The summed E-state index contributed by atoms with van der Waals surface area (Å²) in [5, 5.41) is 0. The van der Waals surface area contributed by atoms with Crippen molar-refractivity contribution in [2.45, 2.75) is 20.2 Å². The number of allylic oxidation sites excluding steroid dienone is 1. The smallest absolute Gasteiger partial charge is 0.411 e. The predicted octanol–water partition coefficient (Wildman–Crippen LogP) is 2.69. The van der Waals surface area contributed by atoms with E-state index in [1.54, 1.807) is 13.8 Å². The maximum atomic E-state index is 11.4. The lowest BCUT2D eigenvalue weighted by Gasteiger charge is -2.13. The van der Waals surface area contributed by atoms with Crippen LogP contribution in [0.4, 0.5) is 13.2 Å². The first kappa shape index (κ1) is 9.33. The van der Waals surface area contributed by atoms with E-state index in [2.05, 4.69) is 11.3 Å². The molecule has 60 valence electrons. The summed E-state index contributed by atoms with van der Waals surface area (Å²) in [5.74, 6) is -0.561. The number of halogens is 3. The minimum atomic E-state index is -4.60. The molecule has 0 N–H and O–H groups in total. The average Bonchev–Trinajstić information content (AvgIpc) is 1.60. The van der Waals surface area contributed by atoms with E-state index in [0.29, 0.717) is 0 Å². The van der Waals surface area contributed by atoms with Gasteiger partial charge in [-0.15, -0.1) is 13.2 Å². The molecule has 0 aromatic heterocycles. The molecule has 0 saturated heterocycles. The Kier molecular flexibility index (Phi) is 2.75. The summed E-state index contributed by atoms with van der Waals surface area (Å²) in [6, 6.07) is 0. The molecule has 4 heteroatoms. The minimum Gasteiger partial charge on any atom is -0.411 e. The molecule has 0 aromatic rings. The minimum absolute atomic E-state index is 0.257. The van der Waals surface area contributed by atoms with Gasteiger partial charge in [-0.1, -0.05) is 20.4 Å². The second kappa shape index (κ2) is 2.94. The van der Waals surface area contributed by atoms with Gasteiger partial charge in [-0.2, -0.15) is 0 Å². The molecular formula is C6H9F3O. The SMILES string of the molecule is C=C(OC(F)(F)F)C(C)C. The summed E-state index contributed by atoms with van der Waals surface area (Å²) in [6.07, 6.45) is -4.60. The second-order valence-electron chi connectivity index (χ2n) is 2.17. The maximum Gasteiger partial charge on any atom is 0.572 e. The largest absolute Gasteiger partial charge is 0.572 e. The maximum absolute atomic E-state index is 11.4. The number of rotatable bonds is 2. The summed E-state index contributed by atoms with van der Waals surface area (Å²) in [6.45, 7) is 6.25. The van der Waals surface area contributed by atoms with Crippen LogP contribution in [0.3, 0.4) is 0 Å². The lowest BCUT2D eigenvalue weighted by Crippen LogP contribution is -2.14. The Bertz CT molecular complexity index is 125. The van der Waals surface area contributed by atoms with Crippen molar-refractivity contribution >= 4 is 0 Å². The third-order valence-corrected chi connectivity index (χ3v) is 0.891. The highest BCUT2D eigenvalue weighted by Crippen LogP contribution is 2.23. The van der Waals surface area contributed by atoms with Crippen LogP contribution in [-0.4, -0.2) is 6.36 Å². The van der Waals surface area contributed by atoms with Gasteiger partial charge in [-0.05, 0) is 0 Å². The first-order valence-electron chi connectivity index (χ1n) is 2.77. The van der Waals surface area contributed by atoms with E-state index in [-0.39, 0.29) is 11.7 Å². The quantitative estimate of drug-likeness (QED) is 0.555. The van der Waals surface area contributed by atoms with Gasteiger partial charge in [0.1, 0.15) is 5.76 Å². The van der Waals surface area contributed by atoms with Crippen molar-refractivity contribution in [3.8, 4) is 0 Å². The molecule has 0 saturated carbocycles. The van der Waals surface area contributed by atoms with Gasteiger partial charge in [0.2, 0.25) is 0 Å². The molecule has 0 heterocycles. The van der Waals surface area contributed by atoms with Crippen molar-refractivity contribution in [3.63, 3.8) is 0 Å². The number of ether oxygens (including phenoxy) is 1. The van der Waals surface area contributed by atoms with Crippen LogP contribution in [-0.2, 0) is 4.74 Å². The van der Waals surface area contributed by atoms with Crippen LogP contribution in [0.5, 0.6) is 0 Å². The summed E-state index contributed by atoms with van der Waals surface area (Å²) in [4.78, 5) is 0. The molecule has 0 aliphatic rings. The van der Waals surface area contributed by atoms with Crippen LogP contribution in [0.25, 0.3) is 0 Å². The molecule has 0 atom stereocenters. The van der Waals surface area contributed by atoms with Crippen molar-refractivity contribution in [1.29, 1.82) is 0 Å². The van der Waals surface area contributed by atoms with Crippen molar-refractivity contribution < 1.29 is 17.9 Å². The normalized spacial score (nSPS) is 11.8. The van der Waals surface area contributed by atoms with E-state index in [1.807, 2.05) is 0 Å². The van der Waals surface area contributed by atoms with E-state index in [4.69, 9.17) is 0 Å². The molecular weight excluding hydrogens is 145 g/mol. The van der Waals surface area contributed by atoms with Crippen LogP contribution in [0.15, 0.2) is 12.3 Å². The van der Waals surface area contributed by atoms with Crippen molar-refractivity contribution in [3.05, 3.63) is 12.3 Å². The van der Waals surface area contributed by atoms with Crippen LogP contribution in [0, 0.1) is 5.92 Å². The Morgan fingerprint density at radius 3 is 1.90 bits per heavy atom. The van der Waals surface area contributed by atoms with Crippen LogP contribution in [0.2, 0.25) is 0 Å². The Balaban J connectivity index is 3.81. The van der Waals surface area contributed by atoms with Gasteiger partial charge in [-0.25, -0.2) is 0 Å². The number of alkyl halides is 3. The Hall–Kier alpha value is -0.670. The van der Waals surface area contributed by atoms with Crippen molar-refractivity contribution in [1.82, 2.24) is 0 Å². The monoisotopic (exact) mass is 154 g/mol. The summed E-state index contributed by atoms with van der Waals surface area (Å²) in [5.41, 5.74) is 0. The van der Waals surface area contributed by atoms with Gasteiger partial charge in [0.25, 0.3) is 0 Å². The molecule has 0 radical (unpaired) electrons. The lowest BCUT2D eigenvalue weighted by molar-refractivity contribution is -0.308. The third-order valence-electron chi connectivity index (χ3n) is 0.891. The third kappa shape index (κ3) is 4.23. The molecule has 0 unspecified atom stereocenters. The predicted molar refractivity (Wildman–Crippen MR) is 31.1 cm³/mol. The van der Waals surface area contributed by atoms with Gasteiger partial charge in [0.05, 0.1) is 0 Å². The van der Waals surface area contributed by atoms with Crippen LogP contribution < -0.4 is 0 Å². The lowest BCUT2D eigenvalue weighted by atomic mass is 10.2. The molecule has 0 fully saturated rings. The zero-order valence-electron chi connectivity index (χ0n) is 5.83. The first-order valence-corrected chi connectivity index (χ1v) is 2.77. The van der Waals surface area contributed by atoms with Gasteiger partial charge < -0.3 is 4.74 Å². The van der Waals surface area contributed by atoms with E-state index in [9.17, 15) is 13.2 Å². The van der Waals surface area contributed by atoms with Gasteiger partial charge in [0, 0.05) is 5.92 Å². The van der Waals surface area contributed by atoms with Crippen LogP contribution in [0.1, 0.15) is 13.8 Å². The summed E-state index contributed by atoms with van der Waals surface area (Å²) >= 11 is 0. The fraction of sp³-hybridized carbons (Fsp3) is 0.667. The first-order chi connectivity index (χ1) is 4.33. The Labute approximate surface area is 57.5 Å². The van der Waals surface area contributed by atoms with Gasteiger partial charge >= 0.3 is 6.36 Å². The highest BCUT2D eigenvalue weighted by molar-refractivity contribution is 4.86. The fourth-order valence-corrected chi connectivity index (χ4v) is 0.266. The molecule has 0 aliphatic carbocycles. The molecule has 1 nitrogen and oxygen atoms in total. The summed E-state index contributed by atoms with van der Waals surface area (Å²) in [7, 11) is 0. The zero-order chi connectivity index (χ0) is 8.36. The average molecular weight is 154 g/mol. The molecule has 10 heavy (non-hydrogen) atoms. The molecule has 0 amide bonds. The highest BCUT2D eigenvalue weighted by atomic mass is 19.4. The van der Waals surface area contributed by atoms with E-state index in [0.717, 1.165) is 0 Å². The van der Waals surface area contributed by atoms with Crippen LogP contribution >= 0.6 is 0 Å². The molecule has 0 bridgehead atoms. The van der Waals surface area contributed by atoms with Gasteiger partial charge in [0.15, 0.2) is 0 Å². The topological polar surface area (TPSA) is 9.23 Å². The molecule has 0 rings (SSSR count). The van der Waals surface area contributed by atoms with E-state index < -0.39 is 6.36 Å². The Morgan fingerprint density at radius 2 is 1.80 bits per heavy atom. The summed E-state index contributed by atoms with van der Waals surface area (Å²) < 4.78 is 37.7. The highest BCUT2D eigenvalue weighted by Gasteiger charge is 2.31. The van der Waals surface area contributed by atoms with Crippen molar-refractivity contribution in [2.24, 2.45) is 5.92 Å². The molecule has 0 spiro atoms. The molecule has 0 aromatic carbocycles. The van der Waals surface area contributed by atoms with E-state index in [1.165, 1.54) is 0 Å². The van der Waals surface area contributed by atoms with E-state index >= 15 is 0 Å². The second-order valence-corrected chi connectivity index (χ2v) is 2.17. The number of hydrogen-bond acceptors (Lipinski definition) is 1. The fourth-order valence-electron chi connectivity index (χ4n) is 0.266. The molecule has 0 aliphatic heterocycles. The zero-order valence-corrected chi connectivity index (χ0v) is 5.83. The van der Waals surface area contributed by atoms with Crippen molar-refractivity contribution in [2.75, 3.05) is 0 Å².